The Morgan fingerprint density at radius 3 is 1.74 bits per heavy atom. The van der Waals surface area contributed by atoms with E-state index in [2.05, 4.69) is 28.2 Å². The second kappa shape index (κ2) is 17.8. The second-order valence-corrected chi connectivity index (χ2v) is 7.25. The Kier molecular flexibility index (Phi) is 15.4. The molecule has 0 radical (unpaired) electrons. The molecule has 34 heavy (non-hydrogen) atoms. The van der Waals surface area contributed by atoms with Gasteiger partial charge in [-0.15, -0.1) is 0 Å². The molecule has 174 valence electrons. The van der Waals surface area contributed by atoms with Crippen LogP contribution in [-0.4, -0.2) is 39.5 Å². The predicted molar refractivity (Wildman–Crippen MR) is 129 cm³/mol. The van der Waals surface area contributed by atoms with Gasteiger partial charge in [0.05, 0.1) is 33.2 Å². The maximum Gasteiger partial charge on any atom is 1.00 e. The topological polar surface area (TPSA) is 120 Å². The summed E-state index contributed by atoms with van der Waals surface area (Å²) < 4.78 is 15.5. The molecule has 0 aliphatic carbocycles. The Hall–Kier alpha value is -2.65. The molecule has 0 spiro atoms. The monoisotopic (exact) mass is 473 g/mol. The number of halogens is 1. The van der Waals surface area contributed by atoms with Gasteiger partial charge in [0.15, 0.2) is 0 Å². The molecular formula is C26H30FN4NaO2. The zero-order valence-corrected chi connectivity index (χ0v) is 21.6. The van der Waals surface area contributed by atoms with E-state index in [0.29, 0.717) is 12.8 Å². The van der Waals surface area contributed by atoms with Gasteiger partial charge in [0.2, 0.25) is 0 Å². The predicted octanol–water partition coefficient (Wildman–Crippen LogP) is 2.15. The number of fused-ring (bicyclic) bond motifs is 2. The van der Waals surface area contributed by atoms with Gasteiger partial charge in [-0.1, -0.05) is 43.3 Å². The maximum atomic E-state index is 9.96. The number of hydrogen-bond donors (Lipinski definition) is 4. The fraction of sp³-hybridized carbons (Fsp3) is 0.308. The van der Waals surface area contributed by atoms with Crippen LogP contribution < -0.4 is 29.6 Å². The van der Waals surface area contributed by atoms with Crippen LogP contribution in [0.2, 0.25) is 0 Å². The van der Waals surface area contributed by atoms with Crippen LogP contribution in [0.1, 0.15) is 32.5 Å². The largest absolute Gasteiger partial charge is 1.00 e. The Bertz CT molecular complexity index is 1110. The number of nitriles is 1. The number of para-hydroxylation sites is 2. The van der Waals surface area contributed by atoms with Crippen LogP contribution in [0, 0.1) is 23.2 Å². The number of aliphatic hydroxyl groups excluding tert-OH is 2. The van der Waals surface area contributed by atoms with E-state index in [-0.39, 0.29) is 42.1 Å². The van der Waals surface area contributed by atoms with E-state index in [4.69, 9.17) is 18.5 Å². The van der Waals surface area contributed by atoms with Crippen LogP contribution in [-0.2, 0) is 12.8 Å². The van der Waals surface area contributed by atoms with Gasteiger partial charge in [0.1, 0.15) is 0 Å². The van der Waals surface area contributed by atoms with Crippen LogP contribution in [0.25, 0.3) is 21.8 Å². The molecule has 2 atom stereocenters. The summed E-state index contributed by atoms with van der Waals surface area (Å²) in [7, 11) is -1.00. The number of hydrogen-bond acceptors (Lipinski definition) is 4. The molecule has 4 aromatic rings. The van der Waals surface area contributed by atoms with Crippen molar-refractivity contribution in [1.82, 2.24) is 9.97 Å². The second-order valence-electron chi connectivity index (χ2n) is 7.25. The molecule has 0 saturated heterocycles. The molecule has 2 aromatic carbocycles. The quantitative estimate of drug-likeness (QED) is 0.253. The standard InChI is InChI=1S/C12H12N2O.C12H15NO.CH3F.CN.Na/c13-6-5-11(15)8-10-7-9-3-1-2-4-12(9)14-10;1-2-11(14)8-10-7-9-5-3-4-6-12(9)13-10;2*1-2;/h1-4,7,11,14-15H,5,8H2;3-7,11,13-14H,2,8H2,1H3;1H3;;/q;;;-1;+1/t2*11-;;;/m00.../s1/i;;1D;;. The van der Waals surface area contributed by atoms with Crippen LogP contribution >= 0.6 is 0 Å². The van der Waals surface area contributed by atoms with E-state index in [9.17, 15) is 14.6 Å². The molecule has 8 heteroatoms. The Labute approximate surface area is 223 Å². The number of nitrogens with one attached hydrogen (secondary N) is 2. The fourth-order valence-corrected chi connectivity index (χ4v) is 3.32. The zero-order valence-electron chi connectivity index (χ0n) is 20.6. The third kappa shape index (κ3) is 10.1. The van der Waals surface area contributed by atoms with Crippen molar-refractivity contribution in [2.45, 2.75) is 44.8 Å². The van der Waals surface area contributed by atoms with Gasteiger partial charge in [-0.2, -0.15) is 5.26 Å². The Morgan fingerprint density at radius 1 is 0.941 bits per heavy atom. The molecule has 0 aliphatic rings. The molecule has 0 bridgehead atoms. The molecule has 0 saturated carbocycles. The first kappa shape index (κ1) is 29.4. The van der Waals surface area contributed by atoms with E-state index in [0.717, 1.165) is 34.2 Å². The average molecular weight is 474 g/mol. The third-order valence-corrected chi connectivity index (χ3v) is 4.88. The van der Waals surface area contributed by atoms with E-state index < -0.39 is 13.3 Å². The SMILES string of the molecule is CC[C@H](O)Cc1cc2ccccc2[nH]1.N#CC[C@H](O)Cc1cc2ccccc2[nH]1.[2H]CF.[C-]#N.[Na+]. The molecule has 6 nitrogen and oxygen atoms in total. The van der Waals surface area contributed by atoms with Gasteiger partial charge in [0, 0.05) is 35.3 Å². The number of benzene rings is 2. The van der Waals surface area contributed by atoms with Crippen LogP contribution in [0.15, 0.2) is 60.7 Å². The van der Waals surface area contributed by atoms with Crippen molar-refractivity contribution in [3.05, 3.63) is 78.6 Å². The van der Waals surface area contributed by atoms with Crippen LogP contribution in [0.3, 0.4) is 0 Å². The summed E-state index contributed by atoms with van der Waals surface area (Å²) in [5.41, 5.74) is 4.29. The third-order valence-electron chi connectivity index (χ3n) is 4.88. The molecule has 0 amide bonds. The zero-order chi connectivity index (χ0) is 25.3. The number of aromatic amines is 2. The maximum absolute atomic E-state index is 9.96. The van der Waals surface area contributed by atoms with Crippen molar-refractivity contribution < 1.29 is 45.5 Å². The molecule has 4 N–H and O–H groups in total. The number of nitrogens with zero attached hydrogens (tertiary/aromatic N) is 2. The minimum absolute atomic E-state index is 0. The van der Waals surface area contributed by atoms with Crippen molar-refractivity contribution in [2.24, 2.45) is 0 Å². The summed E-state index contributed by atoms with van der Waals surface area (Å²) in [5.74, 6) is 0. The molecule has 2 heterocycles. The average Bonchev–Trinajstić information content (AvgIpc) is 3.44. The van der Waals surface area contributed by atoms with E-state index in [1.807, 2.05) is 55.5 Å². The van der Waals surface area contributed by atoms with E-state index in [1.165, 1.54) is 5.39 Å². The van der Waals surface area contributed by atoms with Gasteiger partial charge in [-0.3, -0.25) is 4.39 Å². The normalized spacial score (nSPS) is 11.6. The molecule has 0 aliphatic heterocycles. The van der Waals surface area contributed by atoms with Crippen LogP contribution in [0.4, 0.5) is 4.39 Å². The van der Waals surface area contributed by atoms with Crippen molar-refractivity contribution in [3.8, 4) is 6.07 Å². The Morgan fingerprint density at radius 2 is 1.35 bits per heavy atom. The summed E-state index contributed by atoms with van der Waals surface area (Å²) in [6.45, 7) is 6.74. The van der Waals surface area contributed by atoms with Gasteiger partial charge in [-0.05, 0) is 41.5 Å². The first-order chi connectivity index (χ1) is 16.5. The minimum Gasteiger partial charge on any atom is -0.512 e. The molecule has 0 fully saturated rings. The van der Waals surface area contributed by atoms with Crippen molar-refractivity contribution >= 4 is 21.8 Å². The Balaban J connectivity index is 0.000000546. The first-order valence-electron chi connectivity index (χ1n) is 11.1. The summed E-state index contributed by atoms with van der Waals surface area (Å²) in [4.78, 5) is 6.52. The first-order valence-corrected chi connectivity index (χ1v) is 10.4. The van der Waals surface area contributed by atoms with Crippen molar-refractivity contribution in [2.75, 3.05) is 7.15 Å². The van der Waals surface area contributed by atoms with Gasteiger partial charge < -0.3 is 32.0 Å². The van der Waals surface area contributed by atoms with Gasteiger partial charge in [0.25, 0.3) is 0 Å². The summed E-state index contributed by atoms with van der Waals surface area (Å²) in [6, 6.07) is 22.2. The van der Waals surface area contributed by atoms with Crippen molar-refractivity contribution in [3.63, 3.8) is 0 Å². The number of rotatable bonds is 6. The minimum atomic E-state index is -1.00. The van der Waals surface area contributed by atoms with E-state index >= 15 is 0 Å². The summed E-state index contributed by atoms with van der Waals surface area (Å²) in [6.07, 6.45) is 1.38. The smallest absolute Gasteiger partial charge is 0.512 e. The summed E-state index contributed by atoms with van der Waals surface area (Å²) >= 11 is 0. The summed E-state index contributed by atoms with van der Waals surface area (Å²) in [5, 5.41) is 36.0. The number of aliphatic hydroxyl groups is 2. The number of alkyl halides is 1. The molecule has 2 aromatic heterocycles. The molecular weight excluding hydrogens is 442 g/mol. The fourth-order valence-electron chi connectivity index (χ4n) is 3.32. The number of H-pyrrole nitrogens is 2. The van der Waals surface area contributed by atoms with Crippen LogP contribution in [0.5, 0.6) is 0 Å². The molecule has 0 unspecified atom stereocenters. The van der Waals surface area contributed by atoms with Crippen molar-refractivity contribution in [1.29, 1.82) is 10.5 Å². The van der Waals surface area contributed by atoms with Gasteiger partial charge >= 0.3 is 29.6 Å². The molecule has 4 rings (SSSR count). The van der Waals surface area contributed by atoms with Gasteiger partial charge in [-0.25, -0.2) is 0 Å². The number of aromatic nitrogens is 2. The van der Waals surface area contributed by atoms with E-state index in [1.54, 1.807) is 0 Å².